The Morgan fingerprint density at radius 2 is 2.55 bits per heavy atom. The van der Waals surface area contributed by atoms with Gasteiger partial charge < -0.3 is 0 Å². The number of hydrazine groups is 1. The van der Waals surface area contributed by atoms with Crippen LogP contribution in [0.3, 0.4) is 0 Å². The molecule has 1 rings (SSSR count). The molecule has 3 N–H and O–H groups in total. The fourth-order valence-corrected chi connectivity index (χ4v) is 0.528. The lowest BCUT2D eigenvalue weighted by Gasteiger charge is -1.98. The smallest absolute Gasteiger partial charge is 0.255 e. The summed E-state index contributed by atoms with van der Waals surface area (Å²) in [5.41, 5.74) is 1.95. The number of tetrazole rings is 1. The molecule has 0 spiro atoms. The van der Waals surface area contributed by atoms with Crippen LogP contribution in [0, 0.1) is 6.92 Å². The third kappa shape index (κ3) is 1.71. The molecule has 1 amide bonds. The fraction of sp³-hybridized carbons (Fsp3) is 0.250. The van der Waals surface area contributed by atoms with Gasteiger partial charge in [0.05, 0.1) is 0 Å². The maximum atomic E-state index is 10.7. The number of nitrogens with zero attached hydrogens (tertiary/aromatic N) is 4. The SMILES string of the molecule is [CH2]c1nnnn1CC(=O)NN. The minimum Gasteiger partial charge on any atom is -0.293 e. The van der Waals surface area contributed by atoms with Gasteiger partial charge in [0, 0.05) is 6.92 Å². The summed E-state index contributed by atoms with van der Waals surface area (Å²) in [6.07, 6.45) is 0. The van der Waals surface area contributed by atoms with Crippen molar-refractivity contribution in [3.05, 3.63) is 12.7 Å². The Balaban J connectivity index is 2.64. The van der Waals surface area contributed by atoms with E-state index in [9.17, 15) is 4.79 Å². The zero-order chi connectivity index (χ0) is 8.27. The highest BCUT2D eigenvalue weighted by atomic mass is 16.2. The highest BCUT2D eigenvalue weighted by Crippen LogP contribution is 1.86. The van der Waals surface area contributed by atoms with Crippen LogP contribution in [0.4, 0.5) is 0 Å². The van der Waals surface area contributed by atoms with E-state index >= 15 is 0 Å². The van der Waals surface area contributed by atoms with E-state index in [0.29, 0.717) is 5.82 Å². The van der Waals surface area contributed by atoms with Gasteiger partial charge in [0.25, 0.3) is 5.91 Å². The van der Waals surface area contributed by atoms with Crippen LogP contribution in [0.1, 0.15) is 5.82 Å². The van der Waals surface area contributed by atoms with E-state index in [0.717, 1.165) is 0 Å². The van der Waals surface area contributed by atoms with Gasteiger partial charge in [-0.2, -0.15) is 0 Å². The molecular formula is C4H7N6O. The highest BCUT2D eigenvalue weighted by Gasteiger charge is 2.04. The number of aromatic nitrogens is 4. The average molecular weight is 155 g/mol. The number of carbonyl (C=O) groups is 1. The normalized spacial score (nSPS) is 9.64. The van der Waals surface area contributed by atoms with Crippen LogP contribution in [0.15, 0.2) is 0 Å². The molecule has 0 saturated heterocycles. The van der Waals surface area contributed by atoms with Crippen LogP contribution in [0.25, 0.3) is 0 Å². The molecule has 0 aliphatic rings. The molecular weight excluding hydrogens is 148 g/mol. The van der Waals surface area contributed by atoms with Gasteiger partial charge in [0.2, 0.25) is 0 Å². The van der Waals surface area contributed by atoms with Crippen LogP contribution < -0.4 is 11.3 Å². The van der Waals surface area contributed by atoms with Gasteiger partial charge in [-0.15, -0.1) is 5.10 Å². The van der Waals surface area contributed by atoms with Crippen LogP contribution in [-0.4, -0.2) is 26.1 Å². The van der Waals surface area contributed by atoms with Gasteiger partial charge in [-0.3, -0.25) is 10.2 Å². The van der Waals surface area contributed by atoms with E-state index in [-0.39, 0.29) is 12.5 Å². The first kappa shape index (κ1) is 7.61. The molecule has 11 heavy (non-hydrogen) atoms. The largest absolute Gasteiger partial charge is 0.293 e. The molecule has 0 aliphatic heterocycles. The van der Waals surface area contributed by atoms with E-state index in [1.54, 1.807) is 0 Å². The maximum Gasteiger partial charge on any atom is 0.255 e. The highest BCUT2D eigenvalue weighted by molar-refractivity contribution is 5.74. The summed E-state index contributed by atoms with van der Waals surface area (Å²) in [4.78, 5) is 10.7. The topological polar surface area (TPSA) is 98.7 Å². The van der Waals surface area contributed by atoms with Gasteiger partial charge in [0.15, 0.2) is 5.82 Å². The second kappa shape index (κ2) is 3.06. The summed E-state index contributed by atoms with van der Waals surface area (Å²) in [7, 11) is 0. The first-order valence-electron chi connectivity index (χ1n) is 2.81. The molecule has 1 heterocycles. The average Bonchev–Trinajstić information content (AvgIpc) is 2.37. The molecule has 0 fully saturated rings. The van der Waals surface area contributed by atoms with E-state index in [1.807, 2.05) is 5.43 Å². The molecule has 7 nitrogen and oxygen atoms in total. The van der Waals surface area contributed by atoms with Crippen molar-refractivity contribution in [1.29, 1.82) is 0 Å². The fourth-order valence-electron chi connectivity index (χ4n) is 0.528. The Morgan fingerprint density at radius 1 is 1.82 bits per heavy atom. The summed E-state index contributed by atoms with van der Waals surface area (Å²) in [5.74, 6) is 4.79. The lowest BCUT2D eigenvalue weighted by Crippen LogP contribution is -2.33. The van der Waals surface area contributed by atoms with Gasteiger partial charge in [-0.1, -0.05) is 0 Å². The minimum atomic E-state index is -0.373. The first-order valence-corrected chi connectivity index (χ1v) is 2.81. The second-order valence-electron chi connectivity index (χ2n) is 1.82. The number of hydrogen-bond acceptors (Lipinski definition) is 5. The Hall–Kier alpha value is -1.50. The van der Waals surface area contributed by atoms with E-state index in [4.69, 9.17) is 5.84 Å². The number of amides is 1. The van der Waals surface area contributed by atoms with Crippen LogP contribution >= 0.6 is 0 Å². The number of carbonyl (C=O) groups excluding carboxylic acids is 1. The molecule has 59 valence electrons. The molecule has 0 aliphatic carbocycles. The van der Waals surface area contributed by atoms with Crippen molar-refractivity contribution in [2.24, 2.45) is 5.84 Å². The van der Waals surface area contributed by atoms with Crippen molar-refractivity contribution in [2.75, 3.05) is 0 Å². The van der Waals surface area contributed by atoms with Crippen molar-refractivity contribution in [3.8, 4) is 0 Å². The van der Waals surface area contributed by atoms with Crippen molar-refractivity contribution in [1.82, 2.24) is 25.6 Å². The molecule has 0 atom stereocenters. The standard InChI is InChI=1S/C4H7N6O/c1-3-7-8-9-10(3)2-4(11)6-5/h1-2,5H2,(H,6,11). The van der Waals surface area contributed by atoms with Crippen molar-refractivity contribution in [3.63, 3.8) is 0 Å². The molecule has 7 heteroatoms. The zero-order valence-electron chi connectivity index (χ0n) is 5.69. The number of rotatable bonds is 2. The predicted octanol–water partition coefficient (Wildman–Crippen LogP) is -2.15. The van der Waals surface area contributed by atoms with Crippen LogP contribution in [0.2, 0.25) is 0 Å². The molecule has 0 saturated carbocycles. The summed E-state index contributed by atoms with van der Waals surface area (Å²) >= 11 is 0. The van der Waals surface area contributed by atoms with Crippen molar-refractivity contribution >= 4 is 5.91 Å². The van der Waals surface area contributed by atoms with Gasteiger partial charge in [-0.25, -0.2) is 10.5 Å². The van der Waals surface area contributed by atoms with Crippen LogP contribution in [0.5, 0.6) is 0 Å². The Labute approximate surface area is 62.5 Å². The third-order valence-electron chi connectivity index (χ3n) is 1.06. The Kier molecular flexibility index (Phi) is 2.12. The zero-order valence-corrected chi connectivity index (χ0v) is 5.69. The van der Waals surface area contributed by atoms with E-state index < -0.39 is 0 Å². The van der Waals surface area contributed by atoms with E-state index in [2.05, 4.69) is 22.4 Å². The van der Waals surface area contributed by atoms with Gasteiger partial charge in [-0.05, 0) is 10.4 Å². The predicted molar refractivity (Wildman–Crippen MR) is 34.6 cm³/mol. The molecule has 1 aromatic heterocycles. The molecule has 1 aromatic rings. The van der Waals surface area contributed by atoms with Crippen molar-refractivity contribution in [2.45, 2.75) is 6.54 Å². The molecule has 0 unspecified atom stereocenters. The minimum absolute atomic E-state index is 0.0116. The van der Waals surface area contributed by atoms with E-state index in [1.165, 1.54) is 4.68 Å². The van der Waals surface area contributed by atoms with Crippen LogP contribution in [-0.2, 0) is 11.3 Å². The van der Waals surface area contributed by atoms with Crippen molar-refractivity contribution < 1.29 is 4.79 Å². The van der Waals surface area contributed by atoms with Gasteiger partial charge in [0.1, 0.15) is 6.54 Å². The number of nitrogens with one attached hydrogen (secondary N) is 1. The second-order valence-corrected chi connectivity index (χ2v) is 1.82. The summed E-state index contributed by atoms with van der Waals surface area (Å²) < 4.78 is 1.24. The summed E-state index contributed by atoms with van der Waals surface area (Å²) in [6.45, 7) is 3.46. The lowest BCUT2D eigenvalue weighted by atomic mass is 10.6. The Bertz CT molecular complexity index is 255. The molecule has 0 bridgehead atoms. The number of nitrogens with two attached hydrogens (primary N) is 1. The Morgan fingerprint density at radius 3 is 3.00 bits per heavy atom. The number of hydrogen-bond donors (Lipinski definition) is 2. The summed E-state index contributed by atoms with van der Waals surface area (Å²) in [6, 6.07) is 0. The molecule has 0 aromatic carbocycles. The maximum absolute atomic E-state index is 10.7. The molecule has 1 radical (unpaired) electrons. The monoisotopic (exact) mass is 155 g/mol. The first-order chi connectivity index (χ1) is 5.24. The van der Waals surface area contributed by atoms with Gasteiger partial charge >= 0.3 is 0 Å². The summed E-state index contributed by atoms with van der Waals surface area (Å²) in [5, 5.41) is 10.2. The quantitative estimate of drug-likeness (QED) is 0.288. The lowest BCUT2D eigenvalue weighted by molar-refractivity contribution is -0.121. The third-order valence-corrected chi connectivity index (χ3v) is 1.06.